The fraction of sp³-hybridized carbons (Fsp3) is 0.720. The predicted molar refractivity (Wildman–Crippen MR) is 113 cm³/mol. The fourth-order valence-corrected chi connectivity index (χ4v) is 4.75. The Balaban J connectivity index is 1.57. The molecule has 2 rings (SSSR count). The van der Waals surface area contributed by atoms with Crippen molar-refractivity contribution < 1.29 is 0 Å². The molecule has 1 heteroatoms. The van der Waals surface area contributed by atoms with Crippen molar-refractivity contribution in [1.29, 1.82) is 5.26 Å². The van der Waals surface area contributed by atoms with Crippen LogP contribution >= 0.6 is 0 Å². The van der Waals surface area contributed by atoms with E-state index >= 15 is 0 Å². The van der Waals surface area contributed by atoms with Gasteiger partial charge in [0.2, 0.25) is 0 Å². The van der Waals surface area contributed by atoms with Crippen LogP contribution in [0.1, 0.15) is 90.4 Å². The Kier molecular flexibility index (Phi) is 10.5. The fourth-order valence-electron chi connectivity index (χ4n) is 4.75. The molecular formula is C25H39N. The maximum Gasteiger partial charge on any atom is 0.0912 e. The molecule has 0 radical (unpaired) electrons. The molecule has 0 aromatic rings. The molecule has 2 aliphatic carbocycles. The van der Waals surface area contributed by atoms with Gasteiger partial charge in [0.05, 0.1) is 6.07 Å². The molecule has 0 amide bonds. The highest BCUT2D eigenvalue weighted by atomic mass is 14.3. The van der Waals surface area contributed by atoms with Crippen molar-refractivity contribution in [3.8, 4) is 6.07 Å². The molecule has 26 heavy (non-hydrogen) atoms. The Morgan fingerprint density at radius 3 is 1.92 bits per heavy atom. The van der Waals surface area contributed by atoms with Crippen molar-refractivity contribution in [3.63, 3.8) is 0 Å². The van der Waals surface area contributed by atoms with Crippen LogP contribution in [-0.2, 0) is 0 Å². The van der Waals surface area contributed by atoms with Gasteiger partial charge >= 0.3 is 0 Å². The highest BCUT2D eigenvalue weighted by Crippen LogP contribution is 2.35. The van der Waals surface area contributed by atoms with Crippen molar-refractivity contribution in [2.75, 3.05) is 0 Å². The van der Waals surface area contributed by atoms with E-state index in [1.807, 2.05) is 18.2 Å². The topological polar surface area (TPSA) is 23.8 Å². The SMILES string of the molecule is CCCC[C@H]1CC[C@H](C=C[C@H]2CC[C@H](CCC=CC=CC#N)CC2)CC1. The lowest BCUT2D eigenvalue weighted by molar-refractivity contribution is 0.283. The number of unbranched alkanes of at least 4 members (excludes halogenated alkanes) is 1. The average Bonchev–Trinajstić information content (AvgIpc) is 2.69. The maximum absolute atomic E-state index is 8.44. The van der Waals surface area contributed by atoms with Gasteiger partial charge in [-0.05, 0) is 87.9 Å². The second-order valence-electron chi connectivity index (χ2n) is 8.58. The normalized spacial score (nSPS) is 30.3. The summed E-state index contributed by atoms with van der Waals surface area (Å²) in [4.78, 5) is 0. The van der Waals surface area contributed by atoms with E-state index < -0.39 is 0 Å². The third-order valence-electron chi connectivity index (χ3n) is 6.56. The zero-order valence-corrected chi connectivity index (χ0v) is 16.9. The molecular weight excluding hydrogens is 314 g/mol. The molecule has 0 aromatic carbocycles. The molecule has 2 fully saturated rings. The monoisotopic (exact) mass is 353 g/mol. The average molecular weight is 354 g/mol. The summed E-state index contributed by atoms with van der Waals surface area (Å²) < 4.78 is 0. The highest BCUT2D eigenvalue weighted by molar-refractivity contribution is 5.11. The van der Waals surface area contributed by atoms with E-state index in [4.69, 9.17) is 5.26 Å². The molecule has 2 saturated carbocycles. The highest BCUT2D eigenvalue weighted by Gasteiger charge is 2.21. The van der Waals surface area contributed by atoms with Crippen molar-refractivity contribution in [3.05, 3.63) is 36.5 Å². The predicted octanol–water partition coefficient (Wildman–Crippen LogP) is 7.76. The quantitative estimate of drug-likeness (QED) is 0.236. The Labute approximate surface area is 162 Å². The van der Waals surface area contributed by atoms with Crippen LogP contribution < -0.4 is 0 Å². The van der Waals surface area contributed by atoms with E-state index in [1.165, 1.54) is 83.1 Å². The van der Waals surface area contributed by atoms with Crippen LogP contribution in [0.25, 0.3) is 0 Å². The standard InChI is InChI=1S/C25H39N/c1-2-3-9-22-11-15-24(16-12-22)19-20-25-17-13-23(14-18-25)10-7-5-4-6-8-21-26/h4-6,8,19-20,22-25H,2-3,7,9-18H2,1H3/t22-,23-,24-,25-. The van der Waals surface area contributed by atoms with Crippen LogP contribution in [0.3, 0.4) is 0 Å². The smallest absolute Gasteiger partial charge is 0.0912 e. The van der Waals surface area contributed by atoms with Crippen LogP contribution in [0.4, 0.5) is 0 Å². The Morgan fingerprint density at radius 2 is 1.38 bits per heavy atom. The Hall–Kier alpha value is -1.29. The molecule has 0 aliphatic heterocycles. The number of rotatable bonds is 9. The lowest BCUT2D eigenvalue weighted by Gasteiger charge is -2.28. The van der Waals surface area contributed by atoms with Gasteiger partial charge in [-0.15, -0.1) is 0 Å². The Morgan fingerprint density at radius 1 is 0.808 bits per heavy atom. The van der Waals surface area contributed by atoms with Gasteiger partial charge in [-0.3, -0.25) is 0 Å². The molecule has 144 valence electrons. The first-order valence-corrected chi connectivity index (χ1v) is 11.2. The summed E-state index contributed by atoms with van der Waals surface area (Å²) in [5.74, 6) is 3.66. The molecule has 0 N–H and O–H groups in total. The maximum atomic E-state index is 8.44. The zero-order valence-electron chi connectivity index (χ0n) is 16.9. The molecule has 0 bridgehead atoms. The van der Waals surface area contributed by atoms with Crippen molar-refractivity contribution in [2.45, 2.75) is 90.4 Å². The molecule has 0 spiro atoms. The van der Waals surface area contributed by atoms with Gasteiger partial charge in [-0.2, -0.15) is 5.26 Å². The zero-order chi connectivity index (χ0) is 18.5. The molecule has 2 aliphatic rings. The lowest BCUT2D eigenvalue weighted by Crippen LogP contribution is -2.15. The van der Waals surface area contributed by atoms with Gasteiger partial charge in [-0.25, -0.2) is 0 Å². The van der Waals surface area contributed by atoms with Crippen LogP contribution in [-0.4, -0.2) is 0 Å². The van der Waals surface area contributed by atoms with Crippen molar-refractivity contribution in [1.82, 2.24) is 0 Å². The number of hydrogen-bond acceptors (Lipinski definition) is 1. The molecule has 1 nitrogen and oxygen atoms in total. The number of hydrogen-bond donors (Lipinski definition) is 0. The molecule has 0 heterocycles. The van der Waals surface area contributed by atoms with E-state index in [2.05, 4.69) is 25.2 Å². The van der Waals surface area contributed by atoms with Crippen molar-refractivity contribution >= 4 is 0 Å². The number of nitriles is 1. The van der Waals surface area contributed by atoms with Crippen LogP contribution in [0.5, 0.6) is 0 Å². The summed E-state index contributed by atoms with van der Waals surface area (Å²) >= 11 is 0. The van der Waals surface area contributed by atoms with Crippen LogP contribution in [0, 0.1) is 35.0 Å². The largest absolute Gasteiger partial charge is 0.193 e. The summed E-state index contributed by atoms with van der Waals surface area (Å²) in [6.45, 7) is 2.31. The minimum Gasteiger partial charge on any atom is -0.193 e. The van der Waals surface area contributed by atoms with E-state index in [9.17, 15) is 0 Å². The molecule has 0 unspecified atom stereocenters. The third-order valence-corrected chi connectivity index (χ3v) is 6.56. The second-order valence-corrected chi connectivity index (χ2v) is 8.58. The van der Waals surface area contributed by atoms with Gasteiger partial charge in [0, 0.05) is 6.08 Å². The van der Waals surface area contributed by atoms with Crippen LogP contribution in [0.15, 0.2) is 36.5 Å². The minimum absolute atomic E-state index is 0.846. The minimum atomic E-state index is 0.846. The third kappa shape index (κ3) is 8.39. The summed E-state index contributed by atoms with van der Waals surface area (Å²) in [5.41, 5.74) is 0. The first-order chi connectivity index (χ1) is 12.8. The van der Waals surface area contributed by atoms with E-state index in [-0.39, 0.29) is 0 Å². The van der Waals surface area contributed by atoms with Gasteiger partial charge in [0.15, 0.2) is 0 Å². The Bertz CT molecular complexity index is 477. The van der Waals surface area contributed by atoms with E-state index in [1.54, 1.807) is 0 Å². The van der Waals surface area contributed by atoms with Crippen molar-refractivity contribution in [2.24, 2.45) is 23.7 Å². The first-order valence-electron chi connectivity index (χ1n) is 11.2. The number of allylic oxidation sites excluding steroid dienone is 6. The van der Waals surface area contributed by atoms with E-state index in [0.29, 0.717) is 0 Å². The molecule has 0 atom stereocenters. The van der Waals surface area contributed by atoms with Gasteiger partial charge in [0.25, 0.3) is 0 Å². The van der Waals surface area contributed by atoms with E-state index in [0.717, 1.165) is 30.1 Å². The first kappa shape index (κ1) is 21.0. The molecule has 0 aromatic heterocycles. The number of nitrogens with zero attached hydrogens (tertiary/aromatic N) is 1. The summed E-state index contributed by atoms with van der Waals surface area (Å²) in [6, 6.07) is 2.02. The second kappa shape index (κ2) is 13.0. The summed E-state index contributed by atoms with van der Waals surface area (Å²) in [7, 11) is 0. The molecule has 0 saturated heterocycles. The van der Waals surface area contributed by atoms with Gasteiger partial charge < -0.3 is 0 Å². The summed E-state index contributed by atoms with van der Waals surface area (Å²) in [6.07, 6.45) is 30.9. The van der Waals surface area contributed by atoms with Gasteiger partial charge in [-0.1, -0.05) is 56.6 Å². The summed E-state index contributed by atoms with van der Waals surface area (Å²) in [5, 5.41) is 8.44. The van der Waals surface area contributed by atoms with Crippen LogP contribution in [0.2, 0.25) is 0 Å². The van der Waals surface area contributed by atoms with Gasteiger partial charge in [0.1, 0.15) is 0 Å². The lowest BCUT2D eigenvalue weighted by atomic mass is 9.77.